The molecule has 1 amide bonds. The van der Waals surface area contributed by atoms with Crippen molar-refractivity contribution in [2.24, 2.45) is 5.92 Å². The predicted octanol–water partition coefficient (Wildman–Crippen LogP) is 4.25. The van der Waals surface area contributed by atoms with Crippen molar-refractivity contribution in [1.82, 2.24) is 15.3 Å². The molecule has 134 valence electrons. The molecule has 0 spiro atoms. The van der Waals surface area contributed by atoms with E-state index in [4.69, 9.17) is 11.6 Å². The van der Waals surface area contributed by atoms with Crippen LogP contribution < -0.4 is 5.32 Å². The second-order valence-corrected chi connectivity index (χ2v) is 6.66. The minimum absolute atomic E-state index is 0.00996. The molecule has 0 bridgehead atoms. The Bertz CT molecular complexity index is 950. The Hall–Kier alpha value is -2.93. The number of hydrogen-bond donors (Lipinski definition) is 2. The molecule has 1 atom stereocenters. The molecule has 1 aromatic heterocycles. The van der Waals surface area contributed by atoms with E-state index in [9.17, 15) is 14.9 Å². The van der Waals surface area contributed by atoms with Gasteiger partial charge in [0.1, 0.15) is 10.8 Å². The van der Waals surface area contributed by atoms with Gasteiger partial charge >= 0.3 is 0 Å². The van der Waals surface area contributed by atoms with E-state index in [1.165, 1.54) is 18.2 Å². The van der Waals surface area contributed by atoms with Crippen molar-refractivity contribution in [3.8, 4) is 0 Å². The summed E-state index contributed by atoms with van der Waals surface area (Å²) in [4.78, 5) is 30.8. The average Bonchev–Trinajstić information content (AvgIpc) is 3.02. The first kappa shape index (κ1) is 17.9. The SMILES string of the molecule is CC(C)C(NC(=O)c1ccc(Cl)c([N+](=O)[O-])c1)c1nc2ccccc2[nH]1. The van der Waals surface area contributed by atoms with Crippen LogP contribution in [0.2, 0.25) is 5.02 Å². The van der Waals surface area contributed by atoms with Gasteiger partial charge in [-0.2, -0.15) is 0 Å². The van der Waals surface area contributed by atoms with Crippen LogP contribution in [0.3, 0.4) is 0 Å². The predicted molar refractivity (Wildman–Crippen MR) is 99.2 cm³/mol. The molecule has 0 aliphatic carbocycles. The first-order valence-corrected chi connectivity index (χ1v) is 8.44. The highest BCUT2D eigenvalue weighted by Crippen LogP contribution is 2.26. The van der Waals surface area contributed by atoms with E-state index in [1.807, 2.05) is 38.1 Å². The number of carbonyl (C=O) groups is 1. The summed E-state index contributed by atoms with van der Waals surface area (Å²) in [7, 11) is 0. The number of fused-ring (bicyclic) bond motifs is 1. The number of nitrogens with one attached hydrogen (secondary N) is 2. The lowest BCUT2D eigenvalue weighted by atomic mass is 10.0. The van der Waals surface area contributed by atoms with Crippen LogP contribution >= 0.6 is 11.6 Å². The highest BCUT2D eigenvalue weighted by molar-refractivity contribution is 6.32. The second-order valence-electron chi connectivity index (χ2n) is 6.26. The van der Waals surface area contributed by atoms with Gasteiger partial charge in [0.25, 0.3) is 11.6 Å². The third kappa shape index (κ3) is 3.52. The molecule has 0 radical (unpaired) electrons. The summed E-state index contributed by atoms with van der Waals surface area (Å²) in [5.74, 6) is 0.267. The van der Waals surface area contributed by atoms with Gasteiger partial charge in [-0.3, -0.25) is 14.9 Å². The number of hydrogen-bond acceptors (Lipinski definition) is 4. The Labute approximate surface area is 154 Å². The fourth-order valence-electron chi connectivity index (χ4n) is 2.69. The van der Waals surface area contributed by atoms with E-state index in [0.717, 1.165) is 11.0 Å². The molecule has 1 heterocycles. The first-order valence-electron chi connectivity index (χ1n) is 8.06. The number of nitro benzene ring substituents is 1. The lowest BCUT2D eigenvalue weighted by Crippen LogP contribution is -2.32. The Morgan fingerprint density at radius 2 is 2.00 bits per heavy atom. The van der Waals surface area contributed by atoms with Crippen LogP contribution in [0, 0.1) is 16.0 Å². The van der Waals surface area contributed by atoms with Crippen LogP contribution in [0.15, 0.2) is 42.5 Å². The Morgan fingerprint density at radius 1 is 1.27 bits per heavy atom. The third-order valence-electron chi connectivity index (χ3n) is 4.06. The number of aromatic nitrogens is 2. The van der Waals surface area contributed by atoms with Gasteiger partial charge in [-0.05, 0) is 30.2 Å². The monoisotopic (exact) mass is 372 g/mol. The van der Waals surface area contributed by atoms with Gasteiger partial charge in [0.05, 0.1) is 22.0 Å². The molecule has 0 saturated carbocycles. The van der Waals surface area contributed by atoms with Crippen LogP contribution in [0.1, 0.15) is 36.1 Å². The van der Waals surface area contributed by atoms with Crippen LogP contribution in [-0.4, -0.2) is 20.8 Å². The van der Waals surface area contributed by atoms with Gasteiger partial charge in [0.2, 0.25) is 0 Å². The molecule has 7 nitrogen and oxygen atoms in total. The summed E-state index contributed by atoms with van der Waals surface area (Å²) in [6.45, 7) is 3.92. The van der Waals surface area contributed by atoms with E-state index < -0.39 is 10.8 Å². The zero-order valence-electron chi connectivity index (χ0n) is 14.2. The van der Waals surface area contributed by atoms with Crippen molar-refractivity contribution < 1.29 is 9.72 Å². The molecule has 3 aromatic rings. The lowest BCUT2D eigenvalue weighted by molar-refractivity contribution is -0.384. The summed E-state index contributed by atoms with van der Waals surface area (Å²) in [6.07, 6.45) is 0. The summed E-state index contributed by atoms with van der Waals surface area (Å²) in [5.41, 5.74) is 1.56. The number of amides is 1. The number of imidazole rings is 1. The summed E-state index contributed by atoms with van der Waals surface area (Å²) in [5, 5.41) is 13.9. The normalized spacial score (nSPS) is 12.3. The number of carbonyl (C=O) groups excluding carboxylic acids is 1. The maximum Gasteiger partial charge on any atom is 0.288 e. The molecular weight excluding hydrogens is 356 g/mol. The van der Waals surface area contributed by atoms with Crippen molar-refractivity contribution in [2.75, 3.05) is 0 Å². The van der Waals surface area contributed by atoms with E-state index in [0.29, 0.717) is 5.82 Å². The van der Waals surface area contributed by atoms with Gasteiger partial charge < -0.3 is 10.3 Å². The Kier molecular flexibility index (Phi) is 4.90. The molecule has 26 heavy (non-hydrogen) atoms. The number of nitro groups is 1. The molecule has 0 fully saturated rings. The van der Waals surface area contributed by atoms with E-state index in [-0.39, 0.29) is 28.2 Å². The van der Waals surface area contributed by atoms with Crippen LogP contribution in [0.5, 0.6) is 0 Å². The molecule has 0 saturated heterocycles. The van der Waals surface area contributed by atoms with Crippen molar-refractivity contribution in [2.45, 2.75) is 19.9 Å². The minimum atomic E-state index is -0.613. The number of para-hydroxylation sites is 2. The van der Waals surface area contributed by atoms with Gasteiger partial charge in [0.15, 0.2) is 0 Å². The third-order valence-corrected chi connectivity index (χ3v) is 4.38. The van der Waals surface area contributed by atoms with Crippen molar-refractivity contribution in [3.63, 3.8) is 0 Å². The van der Waals surface area contributed by atoms with Crippen molar-refractivity contribution in [3.05, 3.63) is 69.0 Å². The first-order chi connectivity index (χ1) is 12.4. The molecule has 2 N–H and O–H groups in total. The molecule has 0 aliphatic heterocycles. The topological polar surface area (TPSA) is 101 Å². The minimum Gasteiger partial charge on any atom is -0.342 e. The van der Waals surface area contributed by atoms with E-state index in [1.54, 1.807) is 0 Å². The molecule has 0 aliphatic rings. The van der Waals surface area contributed by atoms with E-state index >= 15 is 0 Å². The quantitative estimate of drug-likeness (QED) is 0.516. The van der Waals surface area contributed by atoms with Gasteiger partial charge in [0, 0.05) is 11.6 Å². The Morgan fingerprint density at radius 3 is 2.65 bits per heavy atom. The number of halogens is 1. The molecular formula is C18H17ClN4O3. The summed E-state index contributed by atoms with van der Waals surface area (Å²) < 4.78 is 0. The zero-order chi connectivity index (χ0) is 18.8. The van der Waals surface area contributed by atoms with Crippen LogP contribution in [0.25, 0.3) is 11.0 Å². The zero-order valence-corrected chi connectivity index (χ0v) is 14.9. The molecule has 1 unspecified atom stereocenters. The standard InChI is InChI=1S/C18H17ClN4O3/c1-10(2)16(17-20-13-5-3-4-6-14(13)21-17)22-18(24)11-7-8-12(19)15(9-11)23(25)26/h3-10,16H,1-2H3,(H,20,21)(H,22,24). The van der Waals surface area contributed by atoms with Crippen molar-refractivity contribution in [1.29, 1.82) is 0 Å². The summed E-state index contributed by atoms with van der Waals surface area (Å²) in [6, 6.07) is 11.2. The number of rotatable bonds is 5. The molecule has 2 aromatic carbocycles. The van der Waals surface area contributed by atoms with Gasteiger partial charge in [-0.1, -0.05) is 37.6 Å². The van der Waals surface area contributed by atoms with Gasteiger partial charge in [-0.15, -0.1) is 0 Å². The second kappa shape index (κ2) is 7.13. The summed E-state index contributed by atoms with van der Waals surface area (Å²) >= 11 is 5.80. The maximum atomic E-state index is 12.6. The van der Waals surface area contributed by atoms with Crippen LogP contribution in [-0.2, 0) is 0 Å². The smallest absolute Gasteiger partial charge is 0.288 e. The fourth-order valence-corrected chi connectivity index (χ4v) is 2.88. The van der Waals surface area contributed by atoms with Crippen molar-refractivity contribution >= 4 is 34.2 Å². The fraction of sp³-hybridized carbons (Fsp3) is 0.222. The number of aromatic amines is 1. The maximum absolute atomic E-state index is 12.6. The Balaban J connectivity index is 1.89. The number of benzene rings is 2. The number of nitrogens with zero attached hydrogens (tertiary/aromatic N) is 2. The number of H-pyrrole nitrogens is 1. The largest absolute Gasteiger partial charge is 0.342 e. The van der Waals surface area contributed by atoms with E-state index in [2.05, 4.69) is 15.3 Å². The van der Waals surface area contributed by atoms with Crippen LogP contribution in [0.4, 0.5) is 5.69 Å². The van der Waals surface area contributed by atoms with Gasteiger partial charge in [-0.25, -0.2) is 4.98 Å². The molecule has 3 rings (SSSR count). The highest BCUT2D eigenvalue weighted by Gasteiger charge is 2.24. The highest BCUT2D eigenvalue weighted by atomic mass is 35.5. The average molecular weight is 373 g/mol. The molecule has 8 heteroatoms. The lowest BCUT2D eigenvalue weighted by Gasteiger charge is -2.20.